The molecule has 0 aromatic heterocycles. The molecule has 0 saturated carbocycles. The van der Waals surface area contributed by atoms with Crippen LogP contribution >= 0.6 is 12.0 Å². The van der Waals surface area contributed by atoms with Crippen molar-refractivity contribution in [3.63, 3.8) is 0 Å². The molecule has 0 bridgehead atoms. The summed E-state index contributed by atoms with van der Waals surface area (Å²) in [6, 6.07) is 0. The van der Waals surface area contributed by atoms with Crippen molar-refractivity contribution >= 4 is 18.0 Å². The molecule has 3 N–H and O–H groups in total. The summed E-state index contributed by atoms with van der Waals surface area (Å²) in [7, 11) is 0. The van der Waals surface area contributed by atoms with Crippen molar-refractivity contribution in [2.24, 2.45) is 0 Å². The minimum atomic E-state index is -0.723. The molecule has 2 atom stereocenters. The van der Waals surface area contributed by atoms with Crippen LogP contribution in [0.3, 0.4) is 0 Å². The minimum absolute atomic E-state index is 0.0790. The first-order valence-corrected chi connectivity index (χ1v) is 10.2. The largest absolute Gasteiger partial charge is 0.481 e. The Morgan fingerprint density at radius 2 is 1.39 bits per heavy atom. The molecular formula is C18H36O4S. The first-order valence-electron chi connectivity index (χ1n) is 9.31. The number of hydrogen-bond acceptors (Lipinski definition) is 4. The third-order valence-electron chi connectivity index (χ3n) is 4.30. The van der Waals surface area contributed by atoms with Crippen molar-refractivity contribution in [2.45, 2.75) is 108 Å². The van der Waals surface area contributed by atoms with E-state index in [1.54, 1.807) is 0 Å². The lowest BCUT2D eigenvalue weighted by atomic mass is 10.0. The lowest BCUT2D eigenvalue weighted by Gasteiger charge is -2.19. The minimum Gasteiger partial charge on any atom is -0.481 e. The smallest absolute Gasteiger partial charge is 0.303 e. The summed E-state index contributed by atoms with van der Waals surface area (Å²) in [5, 5.41) is 18.6. The number of carboxylic acids is 1. The molecule has 0 aliphatic heterocycles. The number of rotatable bonds is 17. The predicted molar refractivity (Wildman–Crippen MR) is 98.0 cm³/mol. The van der Waals surface area contributed by atoms with Crippen LogP contribution < -0.4 is 0 Å². The van der Waals surface area contributed by atoms with Crippen molar-refractivity contribution in [3.05, 3.63) is 0 Å². The quantitative estimate of drug-likeness (QED) is 0.239. The van der Waals surface area contributed by atoms with Gasteiger partial charge in [-0.3, -0.25) is 4.79 Å². The molecule has 0 heterocycles. The van der Waals surface area contributed by atoms with E-state index >= 15 is 0 Å². The molecule has 0 fully saturated rings. The fraction of sp³-hybridized carbons (Fsp3) is 0.944. The van der Waals surface area contributed by atoms with E-state index in [-0.39, 0.29) is 11.7 Å². The van der Waals surface area contributed by atoms with Gasteiger partial charge in [-0.25, -0.2) is 0 Å². The highest BCUT2D eigenvalue weighted by Gasteiger charge is 2.18. The van der Waals surface area contributed by atoms with Crippen LogP contribution in [0.1, 0.15) is 96.8 Å². The molecule has 5 heteroatoms. The van der Waals surface area contributed by atoms with Crippen LogP contribution in [0.5, 0.6) is 0 Å². The summed E-state index contributed by atoms with van der Waals surface area (Å²) in [5.41, 5.74) is 0. The predicted octanol–water partition coefficient (Wildman–Crippen LogP) is 5.49. The number of hydrogen-bond donors (Lipinski definition) is 3. The number of unbranched alkanes of at least 4 members (excludes halogenated alkanes) is 9. The van der Waals surface area contributed by atoms with E-state index < -0.39 is 12.1 Å². The lowest BCUT2D eigenvalue weighted by molar-refractivity contribution is -0.137. The van der Waals surface area contributed by atoms with Gasteiger partial charge < -0.3 is 14.8 Å². The van der Waals surface area contributed by atoms with Gasteiger partial charge in [0.2, 0.25) is 0 Å². The molecular weight excluding hydrogens is 312 g/mol. The zero-order valence-electron chi connectivity index (χ0n) is 14.7. The lowest BCUT2D eigenvalue weighted by Crippen LogP contribution is -2.22. The first-order chi connectivity index (χ1) is 11.1. The van der Waals surface area contributed by atoms with Crippen LogP contribution in [-0.2, 0) is 4.79 Å². The third-order valence-corrected chi connectivity index (χ3v) is 5.12. The van der Waals surface area contributed by atoms with Gasteiger partial charge in [-0.05, 0) is 31.3 Å². The normalized spacial score (nSPS) is 13.9. The molecule has 2 unspecified atom stereocenters. The highest BCUT2D eigenvalue weighted by Crippen LogP contribution is 2.23. The van der Waals surface area contributed by atoms with Gasteiger partial charge in [0.15, 0.2) is 0 Å². The van der Waals surface area contributed by atoms with Gasteiger partial charge in [0.25, 0.3) is 0 Å². The Bertz CT molecular complexity index is 274. The van der Waals surface area contributed by atoms with E-state index in [1.165, 1.54) is 32.1 Å². The SMILES string of the molecule is CCCCCCCCC(O)C(CCCCCCCC(=O)O)SO. The molecule has 0 spiro atoms. The van der Waals surface area contributed by atoms with Gasteiger partial charge in [-0.1, -0.05) is 71.1 Å². The summed E-state index contributed by atoms with van der Waals surface area (Å²) in [6.45, 7) is 2.21. The number of aliphatic hydroxyl groups excluding tert-OH is 1. The Labute approximate surface area is 146 Å². The van der Waals surface area contributed by atoms with Crippen LogP contribution in [-0.4, -0.2) is 32.1 Å². The van der Waals surface area contributed by atoms with Crippen molar-refractivity contribution < 1.29 is 19.6 Å². The van der Waals surface area contributed by atoms with E-state index in [0.29, 0.717) is 0 Å². The van der Waals surface area contributed by atoms with Crippen LogP contribution in [0, 0.1) is 0 Å². The molecule has 0 saturated heterocycles. The van der Waals surface area contributed by atoms with Gasteiger partial charge in [0.05, 0.1) is 11.4 Å². The fourth-order valence-electron chi connectivity index (χ4n) is 2.79. The highest BCUT2D eigenvalue weighted by atomic mass is 32.2. The molecule has 0 radical (unpaired) electrons. The van der Waals surface area contributed by atoms with Crippen LogP contribution in [0.25, 0.3) is 0 Å². The zero-order chi connectivity index (χ0) is 17.3. The molecule has 0 aromatic rings. The zero-order valence-corrected chi connectivity index (χ0v) is 15.5. The van der Waals surface area contributed by atoms with E-state index in [9.17, 15) is 14.5 Å². The number of carbonyl (C=O) groups is 1. The number of carboxylic acid groups (broad SMARTS) is 1. The maximum atomic E-state index is 10.4. The molecule has 138 valence electrons. The fourth-order valence-corrected chi connectivity index (χ4v) is 3.34. The Morgan fingerprint density at radius 3 is 1.96 bits per heavy atom. The second-order valence-corrected chi connectivity index (χ2v) is 7.28. The van der Waals surface area contributed by atoms with Gasteiger partial charge in [0.1, 0.15) is 0 Å². The van der Waals surface area contributed by atoms with Gasteiger partial charge in [0, 0.05) is 6.42 Å². The summed E-state index contributed by atoms with van der Waals surface area (Å²) < 4.78 is 9.36. The van der Waals surface area contributed by atoms with Crippen molar-refractivity contribution in [2.75, 3.05) is 0 Å². The Morgan fingerprint density at radius 1 is 0.870 bits per heavy atom. The maximum Gasteiger partial charge on any atom is 0.303 e. The Kier molecular flexibility index (Phi) is 16.4. The number of aliphatic hydroxyl groups is 1. The average molecular weight is 349 g/mol. The summed E-state index contributed by atoms with van der Waals surface area (Å²) in [4.78, 5) is 10.4. The van der Waals surface area contributed by atoms with Crippen LogP contribution in [0.15, 0.2) is 0 Å². The van der Waals surface area contributed by atoms with Gasteiger partial charge >= 0.3 is 5.97 Å². The average Bonchev–Trinajstić information content (AvgIpc) is 2.53. The molecule has 0 aliphatic carbocycles. The topological polar surface area (TPSA) is 77.8 Å². The van der Waals surface area contributed by atoms with Crippen LogP contribution in [0.4, 0.5) is 0 Å². The molecule has 0 rings (SSSR count). The Balaban J connectivity index is 3.57. The van der Waals surface area contributed by atoms with E-state index in [2.05, 4.69) is 6.92 Å². The van der Waals surface area contributed by atoms with Gasteiger partial charge in [-0.15, -0.1) is 0 Å². The molecule has 4 nitrogen and oxygen atoms in total. The molecule has 0 aromatic carbocycles. The highest BCUT2D eigenvalue weighted by molar-refractivity contribution is 7.94. The monoisotopic (exact) mass is 348 g/mol. The maximum absolute atomic E-state index is 10.4. The number of aliphatic carboxylic acids is 1. The second kappa shape index (κ2) is 16.6. The molecule has 0 aliphatic rings. The summed E-state index contributed by atoms with van der Waals surface area (Å²) in [5.74, 6) is -0.723. The van der Waals surface area contributed by atoms with E-state index in [0.717, 1.165) is 63.4 Å². The third kappa shape index (κ3) is 15.0. The van der Waals surface area contributed by atoms with Crippen molar-refractivity contribution in [1.29, 1.82) is 0 Å². The van der Waals surface area contributed by atoms with E-state index in [4.69, 9.17) is 5.11 Å². The molecule has 23 heavy (non-hydrogen) atoms. The standard InChI is InChI=1S/C18H36O4S/c1-2-3-4-5-7-10-13-16(19)17(23-22)14-11-8-6-9-12-15-18(20)21/h16-17,19,22H,2-15H2,1H3,(H,20,21). The summed E-state index contributed by atoms with van der Waals surface area (Å²) in [6.07, 6.45) is 13.5. The van der Waals surface area contributed by atoms with Crippen molar-refractivity contribution in [1.82, 2.24) is 0 Å². The summed E-state index contributed by atoms with van der Waals surface area (Å²) >= 11 is 0.794. The van der Waals surface area contributed by atoms with Crippen LogP contribution in [0.2, 0.25) is 0 Å². The first kappa shape index (κ1) is 22.7. The molecule has 0 amide bonds. The van der Waals surface area contributed by atoms with Crippen molar-refractivity contribution in [3.8, 4) is 0 Å². The Hall–Kier alpha value is -0.260. The van der Waals surface area contributed by atoms with E-state index in [1.807, 2.05) is 0 Å². The van der Waals surface area contributed by atoms with Gasteiger partial charge in [-0.2, -0.15) is 0 Å². The second-order valence-electron chi connectivity index (χ2n) is 6.47.